The van der Waals surface area contributed by atoms with Crippen LogP contribution in [0.15, 0.2) is 30.3 Å². The van der Waals surface area contributed by atoms with E-state index in [0.717, 1.165) is 37.2 Å². The number of piperidine rings is 1. The van der Waals surface area contributed by atoms with Crippen LogP contribution in [0.3, 0.4) is 0 Å². The Balaban J connectivity index is 1.71. The van der Waals surface area contributed by atoms with Crippen LogP contribution < -0.4 is 5.32 Å². The maximum atomic E-state index is 12.9. The summed E-state index contributed by atoms with van der Waals surface area (Å²) in [5, 5.41) is 3.10. The fraction of sp³-hybridized carbons (Fsp3) is 0.389. The zero-order valence-corrected chi connectivity index (χ0v) is 13.8. The van der Waals surface area contributed by atoms with E-state index in [1.54, 1.807) is 18.2 Å². The molecule has 5 nitrogen and oxygen atoms in total. The molecule has 1 saturated heterocycles. The molecule has 1 aliphatic rings. The molecule has 0 saturated carbocycles. The third kappa shape index (κ3) is 4.07. The lowest BCUT2D eigenvalue weighted by molar-refractivity contribution is 0.0718. The second-order valence-electron chi connectivity index (χ2n) is 6.05. The highest BCUT2D eigenvalue weighted by Gasteiger charge is 2.20. The molecule has 1 fully saturated rings. The predicted octanol–water partition coefficient (Wildman–Crippen LogP) is 3.16. The van der Waals surface area contributed by atoms with Crippen LogP contribution in [0, 0.1) is 12.7 Å². The summed E-state index contributed by atoms with van der Waals surface area (Å²) in [5.74, 6) is 0.115. The molecular weight excluding hydrogens is 307 g/mol. The lowest BCUT2D eigenvalue weighted by Crippen LogP contribution is -2.36. The molecule has 0 spiro atoms. The quantitative estimate of drug-likeness (QED) is 0.936. The van der Waals surface area contributed by atoms with Crippen molar-refractivity contribution in [2.24, 2.45) is 0 Å². The molecule has 0 bridgehead atoms. The van der Waals surface area contributed by atoms with Gasteiger partial charge < -0.3 is 10.2 Å². The van der Waals surface area contributed by atoms with Gasteiger partial charge in [0.05, 0.1) is 0 Å². The molecule has 0 radical (unpaired) electrons. The van der Waals surface area contributed by atoms with Gasteiger partial charge in [0.1, 0.15) is 11.5 Å². The zero-order valence-electron chi connectivity index (χ0n) is 13.8. The minimum absolute atomic E-state index is 0.0370. The summed E-state index contributed by atoms with van der Waals surface area (Å²) in [7, 11) is 0. The molecule has 0 aliphatic carbocycles. The van der Waals surface area contributed by atoms with E-state index in [9.17, 15) is 9.18 Å². The van der Waals surface area contributed by atoms with E-state index in [1.807, 2.05) is 11.8 Å². The predicted molar refractivity (Wildman–Crippen MR) is 90.3 cm³/mol. The van der Waals surface area contributed by atoms with E-state index in [2.05, 4.69) is 15.3 Å². The van der Waals surface area contributed by atoms with E-state index in [1.165, 1.54) is 18.6 Å². The van der Waals surface area contributed by atoms with Gasteiger partial charge in [-0.25, -0.2) is 14.4 Å². The van der Waals surface area contributed by atoms with Gasteiger partial charge in [-0.3, -0.25) is 4.79 Å². The summed E-state index contributed by atoms with van der Waals surface area (Å²) in [5.41, 5.74) is 2.09. The van der Waals surface area contributed by atoms with Crippen LogP contribution in [-0.4, -0.2) is 33.9 Å². The van der Waals surface area contributed by atoms with Crippen molar-refractivity contribution in [1.82, 2.24) is 14.9 Å². The first kappa shape index (κ1) is 16.4. The van der Waals surface area contributed by atoms with Crippen LogP contribution in [0.1, 0.15) is 41.0 Å². The van der Waals surface area contributed by atoms with Gasteiger partial charge >= 0.3 is 0 Å². The van der Waals surface area contributed by atoms with E-state index in [4.69, 9.17) is 0 Å². The first-order valence-electron chi connectivity index (χ1n) is 8.25. The average Bonchev–Trinajstić information content (AvgIpc) is 2.61. The Kier molecular flexibility index (Phi) is 5.03. The highest BCUT2D eigenvalue weighted by Crippen LogP contribution is 2.14. The molecular formula is C18H21FN4O. The Labute approximate surface area is 140 Å². The first-order chi connectivity index (χ1) is 11.6. The van der Waals surface area contributed by atoms with Crippen LogP contribution in [-0.2, 0) is 6.54 Å². The molecule has 24 heavy (non-hydrogen) atoms. The SMILES string of the molecule is Cc1cc(C(=O)N2CCCCC2)nc(NCc2ccc(F)cc2)n1. The molecule has 1 N–H and O–H groups in total. The third-order valence-corrected chi connectivity index (χ3v) is 4.08. The lowest BCUT2D eigenvalue weighted by Gasteiger charge is -2.26. The van der Waals surface area contributed by atoms with Crippen LogP contribution >= 0.6 is 0 Å². The van der Waals surface area contributed by atoms with E-state index in [0.29, 0.717) is 18.2 Å². The molecule has 6 heteroatoms. The number of nitrogens with one attached hydrogen (secondary N) is 1. The van der Waals surface area contributed by atoms with E-state index in [-0.39, 0.29) is 11.7 Å². The van der Waals surface area contributed by atoms with Crippen molar-refractivity contribution in [3.05, 3.63) is 53.1 Å². The van der Waals surface area contributed by atoms with Crippen LogP contribution in [0.25, 0.3) is 0 Å². The Morgan fingerprint density at radius 3 is 2.58 bits per heavy atom. The Morgan fingerprint density at radius 1 is 1.17 bits per heavy atom. The van der Waals surface area contributed by atoms with Crippen molar-refractivity contribution in [2.45, 2.75) is 32.7 Å². The van der Waals surface area contributed by atoms with E-state index >= 15 is 0 Å². The number of halogens is 1. The van der Waals surface area contributed by atoms with Gasteiger partial charge in [-0.15, -0.1) is 0 Å². The molecule has 2 heterocycles. The van der Waals surface area contributed by atoms with Crippen molar-refractivity contribution in [1.29, 1.82) is 0 Å². The molecule has 1 aliphatic heterocycles. The maximum Gasteiger partial charge on any atom is 0.272 e. The molecule has 0 atom stereocenters. The minimum atomic E-state index is -0.264. The fourth-order valence-corrected chi connectivity index (χ4v) is 2.80. The standard InChI is InChI=1S/C18H21FN4O/c1-13-11-16(17(24)23-9-3-2-4-10-23)22-18(21-13)20-12-14-5-7-15(19)8-6-14/h5-8,11H,2-4,9-10,12H2,1H3,(H,20,21,22). The number of aryl methyl sites for hydroxylation is 1. The number of carbonyl (C=O) groups excluding carboxylic acids is 1. The molecule has 1 amide bonds. The van der Waals surface area contributed by atoms with Gasteiger partial charge in [0.25, 0.3) is 5.91 Å². The van der Waals surface area contributed by atoms with Crippen LogP contribution in [0.5, 0.6) is 0 Å². The number of rotatable bonds is 4. The van der Waals surface area contributed by atoms with Crippen molar-refractivity contribution in [2.75, 3.05) is 18.4 Å². The Hall–Kier alpha value is -2.50. The highest BCUT2D eigenvalue weighted by molar-refractivity contribution is 5.92. The van der Waals surface area contributed by atoms with Gasteiger partial charge in [-0.1, -0.05) is 12.1 Å². The smallest absolute Gasteiger partial charge is 0.272 e. The van der Waals surface area contributed by atoms with Crippen LogP contribution in [0.4, 0.5) is 10.3 Å². The number of nitrogens with zero attached hydrogens (tertiary/aromatic N) is 3. The summed E-state index contributed by atoms with van der Waals surface area (Å²) in [6.07, 6.45) is 3.27. The van der Waals surface area contributed by atoms with Gasteiger partial charge in [-0.05, 0) is 49.9 Å². The number of anilines is 1. The first-order valence-corrected chi connectivity index (χ1v) is 8.25. The van der Waals surface area contributed by atoms with Crippen molar-refractivity contribution < 1.29 is 9.18 Å². The Morgan fingerprint density at radius 2 is 1.88 bits per heavy atom. The largest absolute Gasteiger partial charge is 0.350 e. The lowest BCUT2D eigenvalue weighted by atomic mass is 10.1. The second-order valence-corrected chi connectivity index (χ2v) is 6.05. The number of carbonyl (C=O) groups is 1. The molecule has 126 valence electrons. The summed E-state index contributed by atoms with van der Waals surface area (Å²) >= 11 is 0. The third-order valence-electron chi connectivity index (χ3n) is 4.08. The topological polar surface area (TPSA) is 58.1 Å². The molecule has 1 aromatic heterocycles. The zero-order chi connectivity index (χ0) is 16.9. The molecule has 2 aromatic rings. The molecule has 3 rings (SSSR count). The molecule has 1 aromatic carbocycles. The number of hydrogen-bond acceptors (Lipinski definition) is 4. The fourth-order valence-electron chi connectivity index (χ4n) is 2.80. The van der Waals surface area contributed by atoms with Crippen molar-refractivity contribution in [3.63, 3.8) is 0 Å². The molecule has 0 unspecified atom stereocenters. The van der Waals surface area contributed by atoms with Gasteiger partial charge in [0.2, 0.25) is 5.95 Å². The number of amides is 1. The minimum Gasteiger partial charge on any atom is -0.350 e. The Bertz CT molecular complexity index is 711. The van der Waals surface area contributed by atoms with Gasteiger partial charge in [-0.2, -0.15) is 0 Å². The number of benzene rings is 1. The van der Waals surface area contributed by atoms with Gasteiger partial charge in [0, 0.05) is 25.3 Å². The number of likely N-dealkylation sites (tertiary alicyclic amines) is 1. The number of hydrogen-bond donors (Lipinski definition) is 1. The monoisotopic (exact) mass is 328 g/mol. The van der Waals surface area contributed by atoms with Crippen molar-refractivity contribution >= 4 is 11.9 Å². The average molecular weight is 328 g/mol. The highest BCUT2D eigenvalue weighted by atomic mass is 19.1. The van der Waals surface area contributed by atoms with Crippen molar-refractivity contribution in [3.8, 4) is 0 Å². The summed E-state index contributed by atoms with van der Waals surface area (Å²) in [6.45, 7) is 3.90. The second kappa shape index (κ2) is 7.38. The number of aromatic nitrogens is 2. The van der Waals surface area contributed by atoms with Crippen LogP contribution in [0.2, 0.25) is 0 Å². The summed E-state index contributed by atoms with van der Waals surface area (Å²) in [4.78, 5) is 23.1. The summed E-state index contributed by atoms with van der Waals surface area (Å²) < 4.78 is 12.9. The normalized spacial score (nSPS) is 14.5. The van der Waals surface area contributed by atoms with E-state index < -0.39 is 0 Å². The maximum absolute atomic E-state index is 12.9. The van der Waals surface area contributed by atoms with Gasteiger partial charge in [0.15, 0.2) is 0 Å². The summed E-state index contributed by atoms with van der Waals surface area (Å²) in [6, 6.07) is 7.97.